The van der Waals surface area contributed by atoms with Crippen LogP contribution in [0, 0.1) is 0 Å². The van der Waals surface area contributed by atoms with Crippen LogP contribution in [0.3, 0.4) is 0 Å². The van der Waals surface area contributed by atoms with Crippen LogP contribution in [0.1, 0.15) is 23.7 Å². The minimum atomic E-state index is -3.60. The van der Waals surface area contributed by atoms with Crippen LogP contribution in [-0.2, 0) is 10.0 Å². The van der Waals surface area contributed by atoms with E-state index >= 15 is 0 Å². The van der Waals surface area contributed by atoms with E-state index in [4.69, 9.17) is 0 Å². The number of carbonyl (C=O) groups excluding carboxylic acids is 1. The number of nitrogens with zero attached hydrogens (tertiary/aromatic N) is 2. The van der Waals surface area contributed by atoms with Crippen molar-refractivity contribution in [1.29, 1.82) is 0 Å². The van der Waals surface area contributed by atoms with Gasteiger partial charge in [-0.25, -0.2) is 18.1 Å². The number of aromatic nitrogens is 1. The zero-order valence-electron chi connectivity index (χ0n) is 11.3. The van der Waals surface area contributed by atoms with Crippen molar-refractivity contribution in [3.63, 3.8) is 0 Å². The van der Waals surface area contributed by atoms with Gasteiger partial charge < -0.3 is 10.0 Å². The molecular weight excluding hydrogens is 282 g/mol. The van der Waals surface area contributed by atoms with Gasteiger partial charge in [-0.2, -0.15) is 0 Å². The Morgan fingerprint density at radius 3 is 2.60 bits per heavy atom. The predicted octanol–water partition coefficient (Wildman–Crippen LogP) is -0.413. The topological polar surface area (TPSA) is 99.6 Å². The molecule has 0 bridgehead atoms. The third-order valence-electron chi connectivity index (χ3n) is 3.44. The summed E-state index contributed by atoms with van der Waals surface area (Å²) in [4.78, 5) is 17.4. The number of amides is 1. The smallest absolute Gasteiger partial charge is 0.257 e. The first kappa shape index (κ1) is 14.9. The van der Waals surface area contributed by atoms with Crippen molar-refractivity contribution in [2.24, 2.45) is 0 Å². The van der Waals surface area contributed by atoms with Gasteiger partial charge in [-0.1, -0.05) is 6.92 Å². The average Bonchev–Trinajstić information content (AvgIpc) is 2.43. The van der Waals surface area contributed by atoms with Gasteiger partial charge >= 0.3 is 0 Å². The number of hydrogen-bond acceptors (Lipinski definition) is 5. The summed E-state index contributed by atoms with van der Waals surface area (Å²) < 4.78 is 25.2. The second kappa shape index (κ2) is 5.12. The summed E-state index contributed by atoms with van der Waals surface area (Å²) in [5.41, 5.74) is -0.489. The van der Waals surface area contributed by atoms with Crippen LogP contribution in [0.2, 0.25) is 0 Å². The minimum Gasteiger partial charge on any atom is -0.386 e. The normalized spacial score (nSPS) is 17.6. The van der Waals surface area contributed by atoms with Gasteiger partial charge in [0.2, 0.25) is 0 Å². The van der Waals surface area contributed by atoms with Gasteiger partial charge in [0.05, 0.1) is 24.3 Å². The summed E-state index contributed by atoms with van der Waals surface area (Å²) in [6, 6.07) is 2.70. The first-order chi connectivity index (χ1) is 9.31. The SMILES string of the molecule is CCC1(O)CN(C(=O)c2ccc(S(=O)(=O)NC)nc2)C1. The van der Waals surface area contributed by atoms with Gasteiger partial charge in [0.25, 0.3) is 15.9 Å². The van der Waals surface area contributed by atoms with Crippen LogP contribution in [0.25, 0.3) is 0 Å². The maximum Gasteiger partial charge on any atom is 0.257 e. The van der Waals surface area contributed by atoms with Crippen LogP contribution < -0.4 is 4.72 Å². The number of carbonyl (C=O) groups is 1. The number of sulfonamides is 1. The first-order valence-electron chi connectivity index (χ1n) is 6.22. The maximum absolute atomic E-state index is 12.1. The second-order valence-electron chi connectivity index (χ2n) is 4.83. The van der Waals surface area contributed by atoms with E-state index in [2.05, 4.69) is 9.71 Å². The van der Waals surface area contributed by atoms with E-state index in [0.717, 1.165) is 0 Å². The molecule has 1 aromatic heterocycles. The third kappa shape index (κ3) is 2.67. The molecule has 7 nitrogen and oxygen atoms in total. The van der Waals surface area contributed by atoms with Crippen LogP contribution in [-0.4, -0.2) is 55.1 Å². The molecule has 0 aromatic carbocycles. The van der Waals surface area contributed by atoms with E-state index < -0.39 is 15.6 Å². The lowest BCUT2D eigenvalue weighted by Gasteiger charge is -2.46. The van der Waals surface area contributed by atoms with E-state index in [1.54, 1.807) is 0 Å². The fourth-order valence-electron chi connectivity index (χ4n) is 1.98. The predicted molar refractivity (Wildman–Crippen MR) is 71.6 cm³/mol. The molecule has 1 amide bonds. The molecule has 2 rings (SSSR count). The molecule has 20 heavy (non-hydrogen) atoms. The standard InChI is InChI=1S/C12H17N3O4S/c1-3-12(17)7-15(8-12)11(16)9-4-5-10(14-6-9)20(18,19)13-2/h4-6,13,17H,3,7-8H2,1-2H3. The third-order valence-corrected chi connectivity index (χ3v) is 4.77. The zero-order chi connectivity index (χ0) is 15.0. The fourth-order valence-corrected chi connectivity index (χ4v) is 2.63. The van der Waals surface area contributed by atoms with Crippen molar-refractivity contribution < 1.29 is 18.3 Å². The molecular formula is C12H17N3O4S. The Balaban J connectivity index is 2.10. The van der Waals surface area contributed by atoms with Crippen molar-refractivity contribution >= 4 is 15.9 Å². The fraction of sp³-hybridized carbons (Fsp3) is 0.500. The van der Waals surface area contributed by atoms with Crippen LogP contribution in [0.4, 0.5) is 0 Å². The summed E-state index contributed by atoms with van der Waals surface area (Å²) in [7, 11) is -2.31. The summed E-state index contributed by atoms with van der Waals surface area (Å²) in [6.45, 7) is 2.44. The van der Waals surface area contributed by atoms with Gasteiger partial charge in [0, 0.05) is 6.20 Å². The van der Waals surface area contributed by atoms with E-state index in [1.807, 2.05) is 6.92 Å². The second-order valence-corrected chi connectivity index (χ2v) is 6.67. The van der Waals surface area contributed by atoms with Crippen molar-refractivity contribution in [3.8, 4) is 0 Å². The molecule has 110 valence electrons. The van der Waals surface area contributed by atoms with Crippen LogP contribution in [0.15, 0.2) is 23.4 Å². The molecule has 1 aliphatic rings. The first-order valence-corrected chi connectivity index (χ1v) is 7.71. The number of hydrogen-bond donors (Lipinski definition) is 2. The van der Waals surface area contributed by atoms with Gasteiger partial charge in [-0.05, 0) is 25.6 Å². The lowest BCUT2D eigenvalue weighted by molar-refractivity contribution is -0.0826. The highest BCUT2D eigenvalue weighted by molar-refractivity contribution is 7.89. The van der Waals surface area contributed by atoms with Crippen molar-refractivity contribution in [2.45, 2.75) is 24.0 Å². The Labute approximate surface area is 117 Å². The molecule has 0 spiro atoms. The molecule has 8 heteroatoms. The quantitative estimate of drug-likeness (QED) is 0.787. The lowest BCUT2D eigenvalue weighted by Crippen LogP contribution is -2.63. The molecule has 2 N–H and O–H groups in total. The molecule has 1 saturated heterocycles. The van der Waals surface area contributed by atoms with Crippen LogP contribution in [0.5, 0.6) is 0 Å². The number of aliphatic hydroxyl groups is 1. The van der Waals surface area contributed by atoms with E-state index in [9.17, 15) is 18.3 Å². The van der Waals surface area contributed by atoms with Gasteiger partial charge in [-0.3, -0.25) is 4.79 Å². The highest BCUT2D eigenvalue weighted by atomic mass is 32.2. The Morgan fingerprint density at radius 2 is 2.15 bits per heavy atom. The summed E-state index contributed by atoms with van der Waals surface area (Å²) in [6.07, 6.45) is 1.82. The maximum atomic E-state index is 12.1. The molecule has 0 aliphatic carbocycles. The number of nitrogens with one attached hydrogen (secondary N) is 1. The van der Waals surface area contributed by atoms with E-state index in [-0.39, 0.29) is 10.9 Å². The van der Waals surface area contributed by atoms with Crippen molar-refractivity contribution in [2.75, 3.05) is 20.1 Å². The number of rotatable bonds is 4. The highest BCUT2D eigenvalue weighted by Crippen LogP contribution is 2.25. The zero-order valence-corrected chi connectivity index (χ0v) is 12.1. The number of pyridine rings is 1. The highest BCUT2D eigenvalue weighted by Gasteiger charge is 2.42. The number of likely N-dealkylation sites (tertiary alicyclic amines) is 1. The van der Waals surface area contributed by atoms with E-state index in [1.165, 1.54) is 30.3 Å². The molecule has 1 fully saturated rings. The summed E-state index contributed by atoms with van der Waals surface area (Å²) in [5, 5.41) is 9.74. The average molecular weight is 299 g/mol. The molecule has 2 heterocycles. The monoisotopic (exact) mass is 299 g/mol. The van der Waals surface area contributed by atoms with Gasteiger partial charge in [0.1, 0.15) is 0 Å². The lowest BCUT2D eigenvalue weighted by atomic mass is 9.91. The summed E-state index contributed by atoms with van der Waals surface area (Å²) >= 11 is 0. The van der Waals surface area contributed by atoms with Gasteiger partial charge in [0.15, 0.2) is 5.03 Å². The van der Waals surface area contributed by atoms with Crippen molar-refractivity contribution in [1.82, 2.24) is 14.6 Å². The number of β-amino-alcohol motifs (C(OH)–C–C–N with tert-alkyl or cyclic N) is 1. The van der Waals surface area contributed by atoms with Crippen LogP contribution >= 0.6 is 0 Å². The van der Waals surface area contributed by atoms with Crippen molar-refractivity contribution in [3.05, 3.63) is 23.9 Å². The Bertz CT molecular complexity index is 606. The molecule has 1 aliphatic heterocycles. The largest absolute Gasteiger partial charge is 0.386 e. The minimum absolute atomic E-state index is 0.134. The Kier molecular flexibility index (Phi) is 3.81. The molecule has 0 atom stereocenters. The van der Waals surface area contributed by atoms with E-state index in [0.29, 0.717) is 25.1 Å². The molecule has 1 aromatic rings. The summed E-state index contributed by atoms with van der Waals surface area (Å²) in [5.74, 6) is -0.260. The molecule has 0 radical (unpaired) electrons. The Morgan fingerprint density at radius 1 is 1.50 bits per heavy atom. The molecule has 0 saturated carbocycles. The Hall–Kier alpha value is -1.51. The molecule has 0 unspecified atom stereocenters. The van der Waals surface area contributed by atoms with Gasteiger partial charge in [-0.15, -0.1) is 0 Å².